The molecule has 0 aliphatic heterocycles. The van der Waals surface area contributed by atoms with Crippen molar-refractivity contribution < 1.29 is 31.9 Å². The Kier molecular flexibility index (Phi) is 7.30. The molecule has 4 rings (SSSR count). The maximum atomic E-state index is 13.3. The van der Waals surface area contributed by atoms with Crippen molar-refractivity contribution in [2.75, 3.05) is 12.4 Å². The summed E-state index contributed by atoms with van der Waals surface area (Å²) in [7, 11) is 1.31. The van der Waals surface area contributed by atoms with Gasteiger partial charge >= 0.3 is 6.18 Å². The van der Waals surface area contributed by atoms with Crippen molar-refractivity contribution in [2.45, 2.75) is 32.1 Å². The van der Waals surface area contributed by atoms with Crippen LogP contribution in [-0.2, 0) is 11.0 Å². The number of amides is 2. The highest BCUT2D eigenvalue weighted by Crippen LogP contribution is 2.37. The molecule has 3 aromatic heterocycles. The first-order valence-corrected chi connectivity index (χ1v) is 11.3. The molecule has 0 saturated heterocycles. The zero-order chi connectivity index (χ0) is 27.6. The molecule has 0 unspecified atom stereocenters. The first kappa shape index (κ1) is 26.5. The van der Waals surface area contributed by atoms with Gasteiger partial charge in [0.25, 0.3) is 5.91 Å². The van der Waals surface area contributed by atoms with E-state index in [1.54, 1.807) is 25.1 Å². The Hall–Kier alpha value is -4.52. The number of pyridine rings is 2. The first-order chi connectivity index (χ1) is 18.0. The van der Waals surface area contributed by atoms with Crippen molar-refractivity contribution >= 4 is 28.5 Å². The van der Waals surface area contributed by atoms with Gasteiger partial charge in [-0.25, -0.2) is 15.0 Å². The number of fused-ring (bicyclic) bond motifs is 1. The van der Waals surface area contributed by atoms with E-state index >= 15 is 0 Å². The lowest BCUT2D eigenvalue weighted by molar-refractivity contribution is -0.141. The van der Waals surface area contributed by atoms with E-state index in [1.807, 2.05) is 0 Å². The summed E-state index contributed by atoms with van der Waals surface area (Å²) in [6, 6.07) is 8.23. The fourth-order valence-corrected chi connectivity index (χ4v) is 3.62. The Morgan fingerprint density at radius 3 is 2.47 bits per heavy atom. The summed E-state index contributed by atoms with van der Waals surface area (Å²) in [6.45, 7) is 3.05. The van der Waals surface area contributed by atoms with Crippen LogP contribution in [0.5, 0.6) is 5.75 Å². The van der Waals surface area contributed by atoms with E-state index < -0.39 is 35.8 Å². The molecule has 2 atom stereocenters. The van der Waals surface area contributed by atoms with Crippen LogP contribution >= 0.6 is 0 Å². The lowest BCUT2D eigenvalue weighted by atomic mass is 10.1. The summed E-state index contributed by atoms with van der Waals surface area (Å²) < 4.78 is 50.8. The number of aromatic nitrogens is 3. The smallest absolute Gasteiger partial charge is 0.433 e. The predicted molar refractivity (Wildman–Crippen MR) is 131 cm³/mol. The van der Waals surface area contributed by atoms with Gasteiger partial charge < -0.3 is 25.5 Å². The third kappa shape index (κ3) is 5.42. The quantitative estimate of drug-likeness (QED) is 0.325. The Morgan fingerprint density at radius 2 is 1.84 bits per heavy atom. The SMILES string of the molecule is COc1ccc(-c2nc(C(=O)N[C@H](C)C(=O)Nc3ccccn3)c([C@H](C)N)o2)c2ccc(C(F)(F)F)nc12. The second-order valence-electron chi connectivity index (χ2n) is 8.33. The number of oxazole rings is 1. The van der Waals surface area contributed by atoms with Crippen molar-refractivity contribution in [3.8, 4) is 17.2 Å². The molecule has 0 aliphatic rings. The van der Waals surface area contributed by atoms with Gasteiger partial charge in [-0.05, 0) is 50.2 Å². The number of ether oxygens (including phenoxy) is 1. The fourth-order valence-electron chi connectivity index (χ4n) is 3.62. The molecular weight excluding hydrogens is 505 g/mol. The summed E-state index contributed by atoms with van der Waals surface area (Å²) in [6.07, 6.45) is -3.15. The number of carbonyl (C=O) groups is 2. The fraction of sp³-hybridized carbons (Fsp3) is 0.240. The molecule has 13 heteroatoms. The largest absolute Gasteiger partial charge is 0.494 e. The lowest BCUT2D eigenvalue weighted by Gasteiger charge is -2.13. The standard InChI is InChI=1S/C25H23F3N6O4/c1-12(29)21-20(23(36)31-13(2)22(35)33-18-6-4-5-11-30-18)34-24(38-21)15-7-9-16(37-3)19-14(15)8-10-17(32-19)25(26,27)28/h4-13H,29H2,1-3H3,(H,31,36)(H,30,33,35)/t12-,13+/m0/s1. The van der Waals surface area contributed by atoms with E-state index in [0.717, 1.165) is 6.07 Å². The Labute approximate surface area is 214 Å². The molecule has 0 aliphatic carbocycles. The highest BCUT2D eigenvalue weighted by molar-refractivity contribution is 6.01. The van der Waals surface area contributed by atoms with Gasteiger partial charge in [-0.1, -0.05) is 6.07 Å². The number of nitrogens with one attached hydrogen (secondary N) is 2. The summed E-state index contributed by atoms with van der Waals surface area (Å²) in [5.41, 5.74) is 4.94. The van der Waals surface area contributed by atoms with Gasteiger partial charge in [-0.3, -0.25) is 9.59 Å². The topological polar surface area (TPSA) is 145 Å². The van der Waals surface area contributed by atoms with Gasteiger partial charge in [0.1, 0.15) is 28.8 Å². The zero-order valence-corrected chi connectivity index (χ0v) is 20.5. The van der Waals surface area contributed by atoms with Crippen LogP contribution < -0.4 is 21.1 Å². The predicted octanol–water partition coefficient (Wildman–Crippen LogP) is 4.09. The zero-order valence-electron chi connectivity index (χ0n) is 20.5. The van der Waals surface area contributed by atoms with Crippen molar-refractivity contribution in [2.24, 2.45) is 5.73 Å². The molecule has 3 heterocycles. The maximum Gasteiger partial charge on any atom is 0.433 e. The van der Waals surface area contributed by atoms with E-state index in [0.29, 0.717) is 5.82 Å². The number of hydrogen-bond acceptors (Lipinski definition) is 8. The van der Waals surface area contributed by atoms with Crippen LogP contribution in [0.25, 0.3) is 22.4 Å². The monoisotopic (exact) mass is 528 g/mol. The van der Waals surface area contributed by atoms with Gasteiger partial charge in [0, 0.05) is 17.1 Å². The second kappa shape index (κ2) is 10.5. The van der Waals surface area contributed by atoms with Gasteiger partial charge in [0.2, 0.25) is 11.8 Å². The minimum atomic E-state index is -4.66. The molecule has 0 radical (unpaired) electrons. The number of methoxy groups -OCH3 is 1. The summed E-state index contributed by atoms with van der Waals surface area (Å²) in [4.78, 5) is 37.6. The minimum absolute atomic E-state index is 0.0265. The number of rotatable bonds is 7. The minimum Gasteiger partial charge on any atom is -0.494 e. The molecule has 4 N–H and O–H groups in total. The number of alkyl halides is 3. The van der Waals surface area contributed by atoms with Gasteiger partial charge in [0.05, 0.1) is 13.2 Å². The van der Waals surface area contributed by atoms with Crippen molar-refractivity contribution in [3.05, 3.63) is 65.8 Å². The third-order valence-corrected chi connectivity index (χ3v) is 5.50. The Bertz CT molecular complexity index is 1490. The molecule has 0 saturated carbocycles. The molecule has 198 valence electrons. The van der Waals surface area contributed by atoms with Crippen LogP contribution in [0.1, 0.15) is 41.8 Å². The third-order valence-electron chi connectivity index (χ3n) is 5.50. The average molecular weight is 528 g/mol. The second-order valence-corrected chi connectivity index (χ2v) is 8.33. The molecule has 2 amide bonds. The Balaban J connectivity index is 1.68. The first-order valence-electron chi connectivity index (χ1n) is 11.3. The number of nitrogens with zero attached hydrogens (tertiary/aromatic N) is 3. The van der Waals surface area contributed by atoms with Crippen molar-refractivity contribution in [1.29, 1.82) is 0 Å². The Morgan fingerprint density at radius 1 is 1.08 bits per heavy atom. The number of hydrogen-bond donors (Lipinski definition) is 3. The van der Waals surface area contributed by atoms with Crippen LogP contribution in [0, 0.1) is 0 Å². The molecule has 0 spiro atoms. The van der Waals surface area contributed by atoms with Crippen molar-refractivity contribution in [3.63, 3.8) is 0 Å². The number of nitrogens with two attached hydrogens (primary N) is 1. The number of benzene rings is 1. The van der Waals surface area contributed by atoms with Gasteiger partial charge in [-0.2, -0.15) is 13.2 Å². The molecule has 38 heavy (non-hydrogen) atoms. The highest BCUT2D eigenvalue weighted by atomic mass is 19.4. The molecule has 0 fully saturated rings. The van der Waals surface area contributed by atoms with Crippen molar-refractivity contribution in [1.82, 2.24) is 20.3 Å². The van der Waals surface area contributed by atoms with Crippen LogP contribution in [0.15, 0.2) is 53.1 Å². The highest BCUT2D eigenvalue weighted by Gasteiger charge is 2.33. The number of halogens is 3. The summed E-state index contributed by atoms with van der Waals surface area (Å²) in [5.74, 6) is -0.866. The molecular formula is C25H23F3N6O4. The normalized spacial score (nSPS) is 13.1. The number of carbonyl (C=O) groups excluding carboxylic acids is 2. The van der Waals surface area contributed by atoms with E-state index in [9.17, 15) is 22.8 Å². The number of anilines is 1. The maximum absolute atomic E-state index is 13.3. The molecule has 10 nitrogen and oxygen atoms in total. The van der Waals surface area contributed by atoms with Gasteiger partial charge in [0.15, 0.2) is 11.5 Å². The van der Waals surface area contributed by atoms with Crippen LogP contribution in [0.2, 0.25) is 0 Å². The summed E-state index contributed by atoms with van der Waals surface area (Å²) >= 11 is 0. The molecule has 4 aromatic rings. The lowest BCUT2D eigenvalue weighted by Crippen LogP contribution is -2.42. The van der Waals surface area contributed by atoms with Crippen LogP contribution in [0.4, 0.5) is 19.0 Å². The molecule has 0 bridgehead atoms. The van der Waals surface area contributed by atoms with E-state index in [4.69, 9.17) is 14.9 Å². The van der Waals surface area contributed by atoms with E-state index in [1.165, 1.54) is 38.4 Å². The van der Waals surface area contributed by atoms with Crippen LogP contribution in [0.3, 0.4) is 0 Å². The van der Waals surface area contributed by atoms with Gasteiger partial charge in [-0.15, -0.1) is 0 Å². The van der Waals surface area contributed by atoms with E-state index in [-0.39, 0.29) is 39.6 Å². The average Bonchev–Trinajstić information content (AvgIpc) is 3.33. The molecule has 1 aromatic carbocycles. The van der Waals surface area contributed by atoms with Crippen LogP contribution in [-0.4, -0.2) is 39.9 Å². The summed E-state index contributed by atoms with van der Waals surface area (Å²) in [5, 5.41) is 5.38. The van der Waals surface area contributed by atoms with E-state index in [2.05, 4.69) is 25.6 Å².